The Hall–Kier alpha value is -4.07. The van der Waals surface area contributed by atoms with E-state index in [2.05, 4.69) is 15.2 Å². The molecule has 0 unspecified atom stereocenters. The number of hydrogen-bond acceptors (Lipinski definition) is 5. The number of para-hydroxylation sites is 1. The van der Waals surface area contributed by atoms with Crippen molar-refractivity contribution in [2.45, 2.75) is 12.5 Å². The molecule has 4 rings (SSSR count). The number of urea groups is 1. The zero-order valence-corrected chi connectivity index (χ0v) is 18.3. The number of rotatable bonds is 7. The number of anilines is 1. The number of nitrogens with zero attached hydrogens (tertiary/aromatic N) is 3. The second kappa shape index (κ2) is 10.5. The molecule has 1 fully saturated rings. The first-order valence-electron chi connectivity index (χ1n) is 10.9. The van der Waals surface area contributed by atoms with E-state index in [9.17, 15) is 9.59 Å². The Morgan fingerprint density at radius 1 is 0.939 bits per heavy atom. The predicted molar refractivity (Wildman–Crippen MR) is 126 cm³/mol. The molecule has 0 spiro atoms. The Morgan fingerprint density at radius 3 is 2.36 bits per heavy atom. The summed E-state index contributed by atoms with van der Waals surface area (Å²) < 4.78 is 5.90. The molecule has 1 aromatic heterocycles. The summed E-state index contributed by atoms with van der Waals surface area (Å²) in [4.78, 5) is 33.1. The first-order valence-corrected chi connectivity index (χ1v) is 10.9. The lowest BCUT2D eigenvalue weighted by atomic mass is 10.0. The van der Waals surface area contributed by atoms with Crippen molar-refractivity contribution < 1.29 is 14.3 Å². The molecule has 1 atom stereocenters. The number of primary amides is 1. The zero-order chi connectivity index (χ0) is 23.0. The summed E-state index contributed by atoms with van der Waals surface area (Å²) in [6.45, 7) is 2.60. The van der Waals surface area contributed by atoms with Crippen LogP contribution in [-0.2, 0) is 4.79 Å². The average Bonchev–Trinajstić information content (AvgIpc) is 2.85. The summed E-state index contributed by atoms with van der Waals surface area (Å²) in [7, 11) is 0. The Bertz CT molecular complexity index is 1070. The molecule has 3 aromatic rings. The van der Waals surface area contributed by atoms with Gasteiger partial charge < -0.3 is 25.6 Å². The quantitative estimate of drug-likeness (QED) is 0.581. The van der Waals surface area contributed by atoms with Crippen LogP contribution in [-0.4, -0.2) is 48.0 Å². The van der Waals surface area contributed by atoms with E-state index >= 15 is 0 Å². The molecule has 2 aromatic carbocycles. The molecular weight excluding hydrogens is 418 g/mol. The lowest BCUT2D eigenvalue weighted by molar-refractivity contribution is -0.132. The van der Waals surface area contributed by atoms with Crippen LogP contribution in [0.4, 0.5) is 10.6 Å². The Morgan fingerprint density at radius 2 is 1.67 bits per heavy atom. The van der Waals surface area contributed by atoms with Gasteiger partial charge in [0.15, 0.2) is 0 Å². The van der Waals surface area contributed by atoms with Crippen LogP contribution >= 0.6 is 0 Å². The SMILES string of the molecule is NC(=O)N[C@H](CC(=O)N1CCN(c2ccccn2)CC1)c1cccc(Oc2ccccc2)c1. The van der Waals surface area contributed by atoms with Gasteiger partial charge in [0.1, 0.15) is 17.3 Å². The normalized spacial score (nSPS) is 14.4. The van der Waals surface area contributed by atoms with Crippen molar-refractivity contribution in [2.24, 2.45) is 5.73 Å². The van der Waals surface area contributed by atoms with Crippen molar-refractivity contribution in [3.8, 4) is 11.5 Å². The first-order chi connectivity index (χ1) is 16.1. The van der Waals surface area contributed by atoms with Gasteiger partial charge in [-0.15, -0.1) is 0 Å². The minimum atomic E-state index is -0.679. The number of aromatic nitrogens is 1. The Kier molecular flexibility index (Phi) is 7.04. The minimum absolute atomic E-state index is 0.0381. The molecule has 8 heteroatoms. The van der Waals surface area contributed by atoms with E-state index in [1.165, 1.54) is 0 Å². The van der Waals surface area contributed by atoms with Gasteiger partial charge in [0, 0.05) is 32.4 Å². The highest BCUT2D eigenvalue weighted by molar-refractivity contribution is 5.79. The van der Waals surface area contributed by atoms with Crippen LogP contribution < -0.4 is 20.7 Å². The van der Waals surface area contributed by atoms with E-state index in [4.69, 9.17) is 10.5 Å². The van der Waals surface area contributed by atoms with Crippen LogP contribution in [0, 0.1) is 0 Å². The zero-order valence-electron chi connectivity index (χ0n) is 18.3. The third-order valence-electron chi connectivity index (χ3n) is 5.54. The van der Waals surface area contributed by atoms with Crippen LogP contribution in [0.2, 0.25) is 0 Å². The van der Waals surface area contributed by atoms with Crippen LogP contribution in [0.25, 0.3) is 0 Å². The van der Waals surface area contributed by atoms with Crippen LogP contribution in [0.3, 0.4) is 0 Å². The number of nitrogens with two attached hydrogens (primary N) is 1. The Balaban J connectivity index is 1.41. The third kappa shape index (κ3) is 6.00. The van der Waals surface area contributed by atoms with Gasteiger partial charge in [-0.25, -0.2) is 9.78 Å². The van der Waals surface area contributed by atoms with Crippen molar-refractivity contribution in [2.75, 3.05) is 31.1 Å². The molecule has 1 aliphatic rings. The van der Waals surface area contributed by atoms with E-state index in [0.29, 0.717) is 37.7 Å². The molecule has 1 saturated heterocycles. The van der Waals surface area contributed by atoms with Gasteiger partial charge in [-0.2, -0.15) is 0 Å². The standard InChI is InChI=1S/C25H27N5O3/c26-25(32)28-22(19-7-6-10-21(17-19)33-20-8-2-1-3-9-20)18-24(31)30-15-13-29(14-16-30)23-11-4-5-12-27-23/h1-12,17,22H,13-16,18H2,(H3,26,28,32)/t22-/m1/s1. The molecule has 2 heterocycles. The fourth-order valence-electron chi connectivity index (χ4n) is 3.87. The van der Waals surface area contributed by atoms with Gasteiger partial charge in [0.2, 0.25) is 5.91 Å². The predicted octanol–water partition coefficient (Wildman–Crippen LogP) is 3.32. The molecule has 0 bridgehead atoms. The van der Waals surface area contributed by atoms with Gasteiger partial charge in [-0.05, 0) is 42.0 Å². The maximum atomic E-state index is 13.1. The summed E-state index contributed by atoms with van der Waals surface area (Å²) in [6.07, 6.45) is 1.88. The lowest BCUT2D eigenvalue weighted by Crippen LogP contribution is -2.49. The molecular formula is C25H27N5O3. The van der Waals surface area contributed by atoms with Crippen LogP contribution in [0.1, 0.15) is 18.0 Å². The molecule has 3 amide bonds. The molecule has 0 aliphatic carbocycles. The number of piperazine rings is 1. The largest absolute Gasteiger partial charge is 0.457 e. The maximum absolute atomic E-state index is 13.1. The third-order valence-corrected chi connectivity index (χ3v) is 5.54. The summed E-state index contributed by atoms with van der Waals surface area (Å²) in [5, 5.41) is 2.71. The fraction of sp³-hybridized carbons (Fsp3) is 0.240. The summed E-state index contributed by atoms with van der Waals surface area (Å²) >= 11 is 0. The van der Waals surface area contributed by atoms with Crippen molar-refractivity contribution in [1.29, 1.82) is 0 Å². The summed E-state index contributed by atoms with van der Waals surface area (Å²) in [5.74, 6) is 2.19. The number of ether oxygens (including phenoxy) is 1. The number of carbonyl (C=O) groups is 2. The monoisotopic (exact) mass is 445 g/mol. The molecule has 170 valence electrons. The van der Waals surface area contributed by atoms with Crippen LogP contribution in [0.5, 0.6) is 11.5 Å². The van der Waals surface area contributed by atoms with Crippen molar-refractivity contribution in [3.63, 3.8) is 0 Å². The van der Waals surface area contributed by atoms with Crippen molar-refractivity contribution in [1.82, 2.24) is 15.2 Å². The van der Waals surface area contributed by atoms with Gasteiger partial charge in [-0.1, -0.05) is 36.4 Å². The molecule has 3 N–H and O–H groups in total. The summed E-state index contributed by atoms with van der Waals surface area (Å²) in [6, 6.07) is 21.3. The van der Waals surface area contributed by atoms with Crippen molar-refractivity contribution in [3.05, 3.63) is 84.6 Å². The lowest BCUT2D eigenvalue weighted by Gasteiger charge is -2.36. The van der Waals surface area contributed by atoms with E-state index in [1.807, 2.05) is 77.7 Å². The van der Waals surface area contributed by atoms with E-state index in [1.54, 1.807) is 6.20 Å². The number of nitrogens with one attached hydrogen (secondary N) is 1. The first kappa shape index (κ1) is 22.1. The molecule has 1 aliphatic heterocycles. The maximum Gasteiger partial charge on any atom is 0.312 e. The topological polar surface area (TPSA) is 101 Å². The Labute approximate surface area is 193 Å². The molecule has 33 heavy (non-hydrogen) atoms. The average molecular weight is 446 g/mol. The molecule has 0 saturated carbocycles. The second-order valence-electron chi connectivity index (χ2n) is 7.81. The number of pyridine rings is 1. The van der Waals surface area contributed by atoms with Gasteiger partial charge >= 0.3 is 6.03 Å². The second-order valence-corrected chi connectivity index (χ2v) is 7.81. The number of hydrogen-bond donors (Lipinski definition) is 2. The van der Waals surface area contributed by atoms with Gasteiger partial charge in [-0.3, -0.25) is 4.79 Å². The van der Waals surface area contributed by atoms with Crippen molar-refractivity contribution >= 4 is 17.8 Å². The highest BCUT2D eigenvalue weighted by Crippen LogP contribution is 2.26. The minimum Gasteiger partial charge on any atom is -0.457 e. The van der Waals surface area contributed by atoms with Gasteiger partial charge in [0.05, 0.1) is 12.5 Å². The van der Waals surface area contributed by atoms with E-state index in [-0.39, 0.29) is 12.3 Å². The van der Waals surface area contributed by atoms with E-state index < -0.39 is 12.1 Å². The fourth-order valence-corrected chi connectivity index (χ4v) is 3.87. The number of amides is 3. The molecule has 0 radical (unpaired) electrons. The number of benzene rings is 2. The van der Waals surface area contributed by atoms with Crippen LogP contribution in [0.15, 0.2) is 79.0 Å². The number of carbonyl (C=O) groups excluding carboxylic acids is 2. The highest BCUT2D eigenvalue weighted by Gasteiger charge is 2.25. The van der Waals surface area contributed by atoms with E-state index in [0.717, 1.165) is 11.4 Å². The van der Waals surface area contributed by atoms with Gasteiger partial charge in [0.25, 0.3) is 0 Å². The smallest absolute Gasteiger partial charge is 0.312 e. The summed E-state index contributed by atoms with van der Waals surface area (Å²) in [5.41, 5.74) is 6.16. The molecule has 8 nitrogen and oxygen atoms in total. The highest BCUT2D eigenvalue weighted by atomic mass is 16.5.